The van der Waals surface area contributed by atoms with Crippen molar-refractivity contribution in [2.75, 3.05) is 0 Å². The Balaban J connectivity index is 2.64. The predicted molar refractivity (Wildman–Crippen MR) is 58.9 cm³/mol. The summed E-state index contributed by atoms with van der Waals surface area (Å²) < 4.78 is 13.4. The van der Waals surface area contributed by atoms with Crippen LogP contribution in [0.3, 0.4) is 0 Å². The van der Waals surface area contributed by atoms with Gasteiger partial charge < -0.3 is 0 Å². The van der Waals surface area contributed by atoms with Gasteiger partial charge in [-0.25, -0.2) is 4.39 Å². The number of hydrogen-bond donors (Lipinski definition) is 0. The zero-order valence-corrected chi connectivity index (χ0v) is 9.10. The molecular formula is C13H17F. The zero-order valence-electron chi connectivity index (χ0n) is 9.10. The molecule has 0 heterocycles. The maximum atomic E-state index is 13.4. The first-order chi connectivity index (χ1) is 6.59. The van der Waals surface area contributed by atoms with Crippen LogP contribution in [0, 0.1) is 12.7 Å². The van der Waals surface area contributed by atoms with Gasteiger partial charge in [-0.05, 0) is 50.8 Å². The summed E-state index contributed by atoms with van der Waals surface area (Å²) in [5.41, 5.74) is 3.08. The van der Waals surface area contributed by atoms with E-state index in [0.29, 0.717) is 0 Å². The summed E-state index contributed by atoms with van der Waals surface area (Å²) in [5.74, 6) is -0.0767. The van der Waals surface area contributed by atoms with Crippen molar-refractivity contribution in [2.45, 2.75) is 33.6 Å². The highest BCUT2D eigenvalue weighted by Gasteiger charge is 2.00. The minimum absolute atomic E-state index is 0.0767. The Hall–Kier alpha value is -1.11. The van der Waals surface area contributed by atoms with E-state index >= 15 is 0 Å². The monoisotopic (exact) mass is 192 g/mol. The molecule has 76 valence electrons. The van der Waals surface area contributed by atoms with Gasteiger partial charge in [0, 0.05) is 0 Å². The topological polar surface area (TPSA) is 0 Å². The molecule has 0 bridgehead atoms. The lowest BCUT2D eigenvalue weighted by Gasteiger charge is -2.02. The van der Waals surface area contributed by atoms with E-state index < -0.39 is 0 Å². The summed E-state index contributed by atoms with van der Waals surface area (Å²) in [4.78, 5) is 0. The standard InChI is InChI=1S/C13H17F/c1-10(2)5-4-6-12-8-7-11(3)9-13(12)14/h5,7-9H,4,6H2,1-3H3. The molecule has 0 radical (unpaired) electrons. The molecule has 1 heteroatoms. The molecule has 0 atom stereocenters. The Morgan fingerprint density at radius 1 is 1.36 bits per heavy atom. The van der Waals surface area contributed by atoms with E-state index in [1.807, 2.05) is 19.1 Å². The van der Waals surface area contributed by atoms with E-state index in [4.69, 9.17) is 0 Å². The summed E-state index contributed by atoms with van der Waals surface area (Å²) >= 11 is 0. The van der Waals surface area contributed by atoms with Gasteiger partial charge in [0.1, 0.15) is 5.82 Å². The molecule has 0 saturated carbocycles. The molecule has 0 spiro atoms. The lowest BCUT2D eigenvalue weighted by molar-refractivity contribution is 0.608. The van der Waals surface area contributed by atoms with E-state index in [1.54, 1.807) is 6.07 Å². The quantitative estimate of drug-likeness (QED) is 0.634. The maximum absolute atomic E-state index is 13.4. The highest BCUT2D eigenvalue weighted by atomic mass is 19.1. The van der Waals surface area contributed by atoms with Crippen molar-refractivity contribution in [1.29, 1.82) is 0 Å². The molecule has 0 unspecified atom stereocenters. The fourth-order valence-corrected chi connectivity index (χ4v) is 1.37. The van der Waals surface area contributed by atoms with Crippen molar-refractivity contribution >= 4 is 0 Å². The van der Waals surface area contributed by atoms with Gasteiger partial charge in [0.2, 0.25) is 0 Å². The van der Waals surface area contributed by atoms with E-state index in [9.17, 15) is 4.39 Å². The highest BCUT2D eigenvalue weighted by molar-refractivity contribution is 5.23. The second-order valence-corrected chi connectivity index (χ2v) is 3.92. The molecule has 14 heavy (non-hydrogen) atoms. The third kappa shape index (κ3) is 3.33. The molecule has 0 aromatic heterocycles. The molecule has 0 amide bonds. The Morgan fingerprint density at radius 3 is 2.64 bits per heavy atom. The van der Waals surface area contributed by atoms with Crippen LogP contribution in [0.25, 0.3) is 0 Å². The van der Waals surface area contributed by atoms with Gasteiger partial charge in [-0.1, -0.05) is 23.8 Å². The van der Waals surface area contributed by atoms with Gasteiger partial charge in [-0.2, -0.15) is 0 Å². The lowest BCUT2D eigenvalue weighted by Crippen LogP contribution is -1.90. The van der Waals surface area contributed by atoms with Crippen molar-refractivity contribution in [3.63, 3.8) is 0 Å². The molecule has 0 aliphatic heterocycles. The number of allylic oxidation sites excluding steroid dienone is 2. The first-order valence-electron chi connectivity index (χ1n) is 4.98. The van der Waals surface area contributed by atoms with Crippen LogP contribution < -0.4 is 0 Å². The number of benzene rings is 1. The fraction of sp³-hybridized carbons (Fsp3) is 0.385. The van der Waals surface area contributed by atoms with Crippen molar-refractivity contribution < 1.29 is 4.39 Å². The van der Waals surface area contributed by atoms with Crippen LogP contribution in [-0.2, 0) is 6.42 Å². The molecule has 0 N–H and O–H groups in total. The van der Waals surface area contributed by atoms with Gasteiger partial charge in [-0.15, -0.1) is 0 Å². The molecular weight excluding hydrogens is 175 g/mol. The van der Waals surface area contributed by atoms with Gasteiger partial charge in [0.15, 0.2) is 0 Å². The van der Waals surface area contributed by atoms with Gasteiger partial charge in [0.05, 0.1) is 0 Å². The van der Waals surface area contributed by atoms with Crippen molar-refractivity contribution in [1.82, 2.24) is 0 Å². The molecule has 0 aliphatic rings. The molecule has 1 aromatic rings. The molecule has 0 nitrogen and oxygen atoms in total. The number of aryl methyl sites for hydroxylation is 2. The molecule has 0 saturated heterocycles. The summed E-state index contributed by atoms with van der Waals surface area (Å²) in [6.45, 7) is 6.03. The van der Waals surface area contributed by atoms with Crippen LogP contribution in [0.5, 0.6) is 0 Å². The summed E-state index contributed by atoms with van der Waals surface area (Å²) in [6, 6.07) is 5.43. The Labute approximate surface area is 85.5 Å². The Kier molecular flexibility index (Phi) is 3.87. The minimum Gasteiger partial charge on any atom is -0.207 e. The maximum Gasteiger partial charge on any atom is 0.126 e. The second-order valence-electron chi connectivity index (χ2n) is 3.92. The van der Waals surface area contributed by atoms with Crippen molar-refractivity contribution in [2.24, 2.45) is 0 Å². The predicted octanol–water partition coefficient (Wildman–Crippen LogP) is 4.03. The smallest absolute Gasteiger partial charge is 0.126 e. The molecule has 1 aromatic carbocycles. The molecule has 0 aliphatic carbocycles. The van der Waals surface area contributed by atoms with E-state index in [1.165, 1.54) is 5.57 Å². The van der Waals surface area contributed by atoms with E-state index in [2.05, 4.69) is 19.9 Å². The normalized spacial score (nSPS) is 10.0. The van der Waals surface area contributed by atoms with E-state index in [-0.39, 0.29) is 5.82 Å². The van der Waals surface area contributed by atoms with Crippen LogP contribution in [0.1, 0.15) is 31.4 Å². The zero-order chi connectivity index (χ0) is 10.6. The molecule has 1 rings (SSSR count). The Morgan fingerprint density at radius 2 is 2.07 bits per heavy atom. The Bertz CT molecular complexity index is 333. The largest absolute Gasteiger partial charge is 0.207 e. The van der Waals surface area contributed by atoms with E-state index in [0.717, 1.165) is 24.0 Å². The molecule has 0 fully saturated rings. The SMILES string of the molecule is CC(C)=CCCc1ccc(C)cc1F. The second kappa shape index (κ2) is 4.94. The van der Waals surface area contributed by atoms with Gasteiger partial charge in [-0.3, -0.25) is 0 Å². The van der Waals surface area contributed by atoms with Crippen LogP contribution in [-0.4, -0.2) is 0 Å². The third-order valence-corrected chi connectivity index (χ3v) is 2.17. The van der Waals surface area contributed by atoms with Crippen LogP contribution in [0.4, 0.5) is 4.39 Å². The van der Waals surface area contributed by atoms with Crippen LogP contribution in [0.15, 0.2) is 29.8 Å². The average Bonchev–Trinajstić information content (AvgIpc) is 2.08. The van der Waals surface area contributed by atoms with Crippen LogP contribution >= 0.6 is 0 Å². The minimum atomic E-state index is -0.0767. The summed E-state index contributed by atoms with van der Waals surface area (Å²) in [7, 11) is 0. The first kappa shape index (κ1) is 11.0. The number of rotatable bonds is 3. The number of hydrogen-bond acceptors (Lipinski definition) is 0. The van der Waals surface area contributed by atoms with Gasteiger partial charge >= 0.3 is 0 Å². The fourth-order valence-electron chi connectivity index (χ4n) is 1.37. The first-order valence-corrected chi connectivity index (χ1v) is 4.98. The van der Waals surface area contributed by atoms with Gasteiger partial charge in [0.25, 0.3) is 0 Å². The number of halogens is 1. The third-order valence-electron chi connectivity index (χ3n) is 2.17. The highest BCUT2D eigenvalue weighted by Crippen LogP contribution is 2.12. The summed E-state index contributed by atoms with van der Waals surface area (Å²) in [5, 5.41) is 0. The van der Waals surface area contributed by atoms with Crippen molar-refractivity contribution in [3.05, 3.63) is 46.8 Å². The van der Waals surface area contributed by atoms with Crippen molar-refractivity contribution in [3.8, 4) is 0 Å². The average molecular weight is 192 g/mol. The summed E-state index contributed by atoms with van der Waals surface area (Å²) in [6.07, 6.45) is 3.85. The lowest BCUT2D eigenvalue weighted by atomic mass is 10.1. The van der Waals surface area contributed by atoms with Crippen LogP contribution in [0.2, 0.25) is 0 Å².